The van der Waals surface area contributed by atoms with Gasteiger partial charge in [0, 0.05) is 31.1 Å². The SMILES string of the molecule is Cc1cc(C(C)C)nc(NCC2CCOCC2)n1. The van der Waals surface area contributed by atoms with Gasteiger partial charge in [-0.2, -0.15) is 0 Å². The maximum absolute atomic E-state index is 5.36. The fourth-order valence-electron chi connectivity index (χ4n) is 2.15. The molecule has 1 N–H and O–H groups in total. The van der Waals surface area contributed by atoms with Gasteiger partial charge in [-0.1, -0.05) is 13.8 Å². The van der Waals surface area contributed by atoms with E-state index in [-0.39, 0.29) is 0 Å². The zero-order chi connectivity index (χ0) is 13.0. The molecule has 1 aliphatic heterocycles. The van der Waals surface area contributed by atoms with E-state index in [0.717, 1.165) is 49.9 Å². The monoisotopic (exact) mass is 249 g/mol. The third kappa shape index (κ3) is 3.67. The van der Waals surface area contributed by atoms with Crippen LogP contribution < -0.4 is 5.32 Å². The molecule has 4 heteroatoms. The van der Waals surface area contributed by atoms with Gasteiger partial charge in [0.2, 0.25) is 5.95 Å². The van der Waals surface area contributed by atoms with Gasteiger partial charge in [0.15, 0.2) is 0 Å². The summed E-state index contributed by atoms with van der Waals surface area (Å²) in [7, 11) is 0. The standard InChI is InChI=1S/C14H23N3O/c1-10(2)13-8-11(3)16-14(17-13)15-9-12-4-6-18-7-5-12/h8,10,12H,4-7,9H2,1-3H3,(H,15,16,17). The van der Waals surface area contributed by atoms with E-state index in [4.69, 9.17) is 4.74 Å². The Balaban J connectivity index is 1.95. The summed E-state index contributed by atoms with van der Waals surface area (Å²) in [5.41, 5.74) is 2.14. The number of aryl methyl sites for hydroxylation is 1. The van der Waals surface area contributed by atoms with Gasteiger partial charge >= 0.3 is 0 Å². The smallest absolute Gasteiger partial charge is 0.223 e. The summed E-state index contributed by atoms with van der Waals surface area (Å²) in [6.07, 6.45) is 2.27. The van der Waals surface area contributed by atoms with E-state index in [2.05, 4.69) is 35.2 Å². The van der Waals surface area contributed by atoms with Crippen LogP contribution in [0.2, 0.25) is 0 Å². The van der Waals surface area contributed by atoms with Crippen molar-refractivity contribution in [3.8, 4) is 0 Å². The first-order valence-corrected chi connectivity index (χ1v) is 6.82. The fourth-order valence-corrected chi connectivity index (χ4v) is 2.15. The lowest BCUT2D eigenvalue weighted by Crippen LogP contribution is -2.23. The Morgan fingerprint density at radius 3 is 2.72 bits per heavy atom. The molecule has 1 fully saturated rings. The Bertz CT molecular complexity index is 387. The largest absolute Gasteiger partial charge is 0.381 e. The summed E-state index contributed by atoms with van der Waals surface area (Å²) in [6, 6.07) is 2.06. The van der Waals surface area contributed by atoms with Crippen LogP contribution in [0.25, 0.3) is 0 Å². The second-order valence-corrected chi connectivity index (χ2v) is 5.35. The van der Waals surface area contributed by atoms with Gasteiger partial charge in [-0.3, -0.25) is 0 Å². The quantitative estimate of drug-likeness (QED) is 0.891. The Morgan fingerprint density at radius 1 is 1.33 bits per heavy atom. The highest BCUT2D eigenvalue weighted by molar-refractivity contribution is 5.29. The molecule has 18 heavy (non-hydrogen) atoms. The molecule has 0 saturated carbocycles. The van der Waals surface area contributed by atoms with Crippen LogP contribution in [0.5, 0.6) is 0 Å². The summed E-state index contributed by atoms with van der Waals surface area (Å²) in [5, 5.41) is 3.37. The van der Waals surface area contributed by atoms with Gasteiger partial charge in [-0.25, -0.2) is 9.97 Å². The van der Waals surface area contributed by atoms with E-state index in [1.54, 1.807) is 0 Å². The first kappa shape index (κ1) is 13.3. The second-order valence-electron chi connectivity index (χ2n) is 5.35. The molecule has 2 heterocycles. The Labute approximate surface area is 109 Å². The van der Waals surface area contributed by atoms with E-state index in [9.17, 15) is 0 Å². The Hall–Kier alpha value is -1.16. The maximum Gasteiger partial charge on any atom is 0.223 e. The van der Waals surface area contributed by atoms with Crippen LogP contribution in [0.3, 0.4) is 0 Å². The highest BCUT2D eigenvalue weighted by Crippen LogP contribution is 2.17. The fraction of sp³-hybridized carbons (Fsp3) is 0.714. The van der Waals surface area contributed by atoms with Gasteiger partial charge < -0.3 is 10.1 Å². The van der Waals surface area contributed by atoms with E-state index in [1.165, 1.54) is 0 Å². The van der Waals surface area contributed by atoms with Gasteiger partial charge in [0.1, 0.15) is 0 Å². The van der Waals surface area contributed by atoms with Crippen molar-refractivity contribution in [1.82, 2.24) is 9.97 Å². The number of hydrogen-bond acceptors (Lipinski definition) is 4. The van der Waals surface area contributed by atoms with Crippen LogP contribution in [-0.4, -0.2) is 29.7 Å². The number of aromatic nitrogens is 2. The zero-order valence-corrected chi connectivity index (χ0v) is 11.6. The van der Waals surface area contributed by atoms with Crippen LogP contribution in [0.1, 0.15) is 44.0 Å². The number of ether oxygens (including phenoxy) is 1. The average molecular weight is 249 g/mol. The van der Waals surface area contributed by atoms with Crippen molar-refractivity contribution in [2.75, 3.05) is 25.1 Å². The highest BCUT2D eigenvalue weighted by Gasteiger charge is 2.14. The topological polar surface area (TPSA) is 47.0 Å². The lowest BCUT2D eigenvalue weighted by molar-refractivity contribution is 0.0699. The van der Waals surface area contributed by atoms with Crippen molar-refractivity contribution < 1.29 is 4.74 Å². The number of anilines is 1. The third-order valence-corrected chi connectivity index (χ3v) is 3.36. The summed E-state index contributed by atoms with van der Waals surface area (Å²) in [4.78, 5) is 9.01. The molecule has 100 valence electrons. The molecule has 0 unspecified atom stereocenters. The second kappa shape index (κ2) is 6.14. The zero-order valence-electron chi connectivity index (χ0n) is 11.6. The van der Waals surface area contributed by atoms with Crippen LogP contribution in [0.4, 0.5) is 5.95 Å². The van der Waals surface area contributed by atoms with Crippen LogP contribution in [0.15, 0.2) is 6.07 Å². The number of hydrogen-bond donors (Lipinski definition) is 1. The van der Waals surface area contributed by atoms with Crippen molar-refractivity contribution in [3.63, 3.8) is 0 Å². The molecule has 4 nitrogen and oxygen atoms in total. The first-order valence-electron chi connectivity index (χ1n) is 6.82. The minimum Gasteiger partial charge on any atom is -0.381 e. The molecule has 0 amide bonds. The molecule has 1 aliphatic rings. The van der Waals surface area contributed by atoms with E-state index < -0.39 is 0 Å². The van der Waals surface area contributed by atoms with Gasteiger partial charge in [-0.15, -0.1) is 0 Å². The Kier molecular flexibility index (Phi) is 4.53. The van der Waals surface area contributed by atoms with Crippen molar-refractivity contribution >= 4 is 5.95 Å². The molecule has 1 saturated heterocycles. The predicted octanol–water partition coefficient (Wildman–Crippen LogP) is 2.75. The van der Waals surface area contributed by atoms with Gasteiger partial charge in [0.05, 0.1) is 0 Å². The van der Waals surface area contributed by atoms with Crippen LogP contribution in [0, 0.1) is 12.8 Å². The third-order valence-electron chi connectivity index (χ3n) is 3.36. The molecule has 0 atom stereocenters. The number of nitrogens with zero attached hydrogens (tertiary/aromatic N) is 2. The molecule has 2 rings (SSSR count). The number of nitrogens with one attached hydrogen (secondary N) is 1. The van der Waals surface area contributed by atoms with Gasteiger partial charge in [0.25, 0.3) is 0 Å². The minimum absolute atomic E-state index is 0.440. The number of rotatable bonds is 4. The maximum atomic E-state index is 5.36. The molecule has 0 spiro atoms. The van der Waals surface area contributed by atoms with Crippen LogP contribution in [-0.2, 0) is 4.74 Å². The molecule has 0 aliphatic carbocycles. The Morgan fingerprint density at radius 2 is 2.06 bits per heavy atom. The molecule has 1 aromatic heterocycles. The first-order chi connectivity index (χ1) is 8.65. The summed E-state index contributed by atoms with van der Waals surface area (Å²) >= 11 is 0. The van der Waals surface area contributed by atoms with Gasteiger partial charge in [-0.05, 0) is 37.7 Å². The summed E-state index contributed by atoms with van der Waals surface area (Å²) < 4.78 is 5.36. The molecule has 0 bridgehead atoms. The average Bonchev–Trinajstić information content (AvgIpc) is 2.37. The summed E-state index contributed by atoms with van der Waals surface area (Å²) in [5.74, 6) is 1.89. The van der Waals surface area contributed by atoms with Crippen molar-refractivity contribution in [1.29, 1.82) is 0 Å². The molecular weight excluding hydrogens is 226 g/mol. The van der Waals surface area contributed by atoms with E-state index in [1.807, 2.05) is 6.92 Å². The van der Waals surface area contributed by atoms with Crippen molar-refractivity contribution in [2.24, 2.45) is 5.92 Å². The molecule has 0 aromatic carbocycles. The van der Waals surface area contributed by atoms with Crippen molar-refractivity contribution in [3.05, 3.63) is 17.5 Å². The lowest BCUT2D eigenvalue weighted by Gasteiger charge is -2.22. The lowest BCUT2D eigenvalue weighted by atomic mass is 10.0. The molecular formula is C14H23N3O. The highest BCUT2D eigenvalue weighted by atomic mass is 16.5. The molecule has 0 radical (unpaired) electrons. The predicted molar refractivity (Wildman–Crippen MR) is 72.9 cm³/mol. The summed E-state index contributed by atoms with van der Waals surface area (Å²) in [6.45, 7) is 9.06. The molecule has 1 aromatic rings. The van der Waals surface area contributed by atoms with Crippen molar-refractivity contribution in [2.45, 2.75) is 39.5 Å². The normalized spacial score (nSPS) is 17.1. The van der Waals surface area contributed by atoms with E-state index >= 15 is 0 Å². The van der Waals surface area contributed by atoms with E-state index in [0.29, 0.717) is 11.8 Å². The minimum atomic E-state index is 0.440. The van der Waals surface area contributed by atoms with Crippen LogP contribution >= 0.6 is 0 Å².